The zero-order valence-electron chi connectivity index (χ0n) is 17.0. The van der Waals surface area contributed by atoms with E-state index < -0.39 is 0 Å². The van der Waals surface area contributed by atoms with E-state index in [1.807, 2.05) is 61.1 Å². The number of hydrogen-bond acceptors (Lipinski definition) is 6. The summed E-state index contributed by atoms with van der Waals surface area (Å²) in [6.07, 6.45) is 6.55. The maximum absolute atomic E-state index is 13.1. The van der Waals surface area contributed by atoms with Crippen LogP contribution in [0.5, 0.6) is 0 Å². The van der Waals surface area contributed by atoms with E-state index in [0.717, 1.165) is 41.9 Å². The first-order valence-electron chi connectivity index (χ1n) is 10.1. The van der Waals surface area contributed by atoms with Crippen molar-refractivity contribution in [1.29, 1.82) is 0 Å². The minimum Gasteiger partial charge on any atom is -0.369 e. The molecule has 30 heavy (non-hydrogen) atoms. The molecule has 3 aromatic heterocycles. The predicted molar refractivity (Wildman–Crippen MR) is 117 cm³/mol. The molecule has 0 radical (unpaired) electrons. The third-order valence-corrected chi connectivity index (χ3v) is 5.67. The Morgan fingerprint density at radius 3 is 2.90 bits per heavy atom. The molecular weight excluding hydrogens is 378 g/mol. The van der Waals surface area contributed by atoms with Crippen LogP contribution in [-0.2, 0) is 0 Å². The van der Waals surface area contributed by atoms with Gasteiger partial charge in [-0.05, 0) is 50.7 Å². The number of aromatic nitrogens is 4. The van der Waals surface area contributed by atoms with E-state index in [2.05, 4.69) is 30.7 Å². The first-order chi connectivity index (χ1) is 14.6. The SMILES string of the molecule is CN[C@@H]1CCN(c2ccc(C(=O)Nc3ccc4nc(C)cn4c3)c3nnccc23)C1. The van der Waals surface area contributed by atoms with E-state index in [0.29, 0.717) is 22.8 Å². The molecule has 152 valence electrons. The minimum absolute atomic E-state index is 0.210. The number of carbonyl (C=O) groups is 1. The van der Waals surface area contributed by atoms with E-state index in [9.17, 15) is 4.79 Å². The van der Waals surface area contributed by atoms with Crippen LogP contribution in [0.2, 0.25) is 0 Å². The van der Waals surface area contributed by atoms with Gasteiger partial charge < -0.3 is 19.9 Å². The Kier molecular flexibility index (Phi) is 4.55. The number of nitrogens with zero attached hydrogens (tertiary/aromatic N) is 5. The van der Waals surface area contributed by atoms with Gasteiger partial charge in [-0.15, -0.1) is 5.10 Å². The molecule has 1 amide bonds. The molecule has 1 aromatic carbocycles. The van der Waals surface area contributed by atoms with Gasteiger partial charge in [0.05, 0.1) is 23.1 Å². The Hall–Kier alpha value is -3.52. The Labute approximate surface area is 173 Å². The number of fused-ring (bicyclic) bond motifs is 2. The summed E-state index contributed by atoms with van der Waals surface area (Å²) < 4.78 is 1.90. The van der Waals surface area contributed by atoms with E-state index in [-0.39, 0.29) is 5.91 Å². The fourth-order valence-electron chi connectivity index (χ4n) is 4.13. The summed E-state index contributed by atoms with van der Waals surface area (Å²) in [5.41, 5.74) is 4.68. The monoisotopic (exact) mass is 401 g/mol. The highest BCUT2D eigenvalue weighted by Gasteiger charge is 2.24. The molecule has 0 unspecified atom stereocenters. The van der Waals surface area contributed by atoms with Crippen molar-refractivity contribution in [2.45, 2.75) is 19.4 Å². The van der Waals surface area contributed by atoms with Crippen LogP contribution < -0.4 is 15.5 Å². The number of hydrogen-bond donors (Lipinski definition) is 2. The first-order valence-corrected chi connectivity index (χ1v) is 10.1. The second-order valence-corrected chi connectivity index (χ2v) is 7.67. The first kappa shape index (κ1) is 18.5. The number of rotatable bonds is 4. The standard InChI is InChI=1S/C22H23N7O/c1-14-11-29-13-16(3-6-20(29)25-14)26-22(30)18-4-5-19(17-7-9-24-27-21(17)18)28-10-8-15(12-28)23-2/h3-7,9,11,13,15,23H,8,10,12H2,1-2H3,(H,26,30)/t15-/m1/s1. The highest BCUT2D eigenvalue weighted by atomic mass is 16.1. The highest BCUT2D eigenvalue weighted by molar-refractivity contribution is 6.13. The van der Waals surface area contributed by atoms with Gasteiger partial charge in [0.1, 0.15) is 11.2 Å². The van der Waals surface area contributed by atoms with Crippen molar-refractivity contribution >= 4 is 33.8 Å². The number of imidazole rings is 1. The number of benzene rings is 1. The zero-order valence-corrected chi connectivity index (χ0v) is 17.0. The van der Waals surface area contributed by atoms with E-state index in [1.54, 1.807) is 6.20 Å². The van der Waals surface area contributed by atoms with Crippen LogP contribution in [0.3, 0.4) is 0 Å². The van der Waals surface area contributed by atoms with Gasteiger partial charge in [0.25, 0.3) is 5.91 Å². The molecule has 0 bridgehead atoms. The molecule has 1 fully saturated rings. The Morgan fingerprint density at radius 1 is 1.17 bits per heavy atom. The summed E-state index contributed by atoms with van der Waals surface area (Å²) >= 11 is 0. The molecule has 1 atom stereocenters. The smallest absolute Gasteiger partial charge is 0.257 e. The van der Waals surface area contributed by atoms with Crippen LogP contribution >= 0.6 is 0 Å². The maximum atomic E-state index is 13.1. The topological polar surface area (TPSA) is 87.5 Å². The second kappa shape index (κ2) is 7.38. The molecule has 4 aromatic rings. The molecular formula is C22H23N7O. The summed E-state index contributed by atoms with van der Waals surface area (Å²) in [4.78, 5) is 19.8. The number of carbonyl (C=O) groups excluding carboxylic acids is 1. The number of nitrogens with one attached hydrogen (secondary N) is 2. The Balaban J connectivity index is 1.47. The van der Waals surface area contributed by atoms with Crippen molar-refractivity contribution in [1.82, 2.24) is 24.9 Å². The summed E-state index contributed by atoms with van der Waals surface area (Å²) in [7, 11) is 1.99. The van der Waals surface area contributed by atoms with Crippen molar-refractivity contribution in [3.63, 3.8) is 0 Å². The van der Waals surface area contributed by atoms with Gasteiger partial charge in [0, 0.05) is 42.6 Å². The molecule has 5 rings (SSSR count). The number of amides is 1. The van der Waals surface area contributed by atoms with Gasteiger partial charge >= 0.3 is 0 Å². The zero-order chi connectivity index (χ0) is 20.7. The molecule has 8 heteroatoms. The molecule has 2 N–H and O–H groups in total. The van der Waals surface area contributed by atoms with Crippen LogP contribution in [0.15, 0.2) is 48.9 Å². The normalized spacial score (nSPS) is 16.5. The fourth-order valence-corrected chi connectivity index (χ4v) is 4.13. The van der Waals surface area contributed by atoms with E-state index in [4.69, 9.17) is 0 Å². The summed E-state index contributed by atoms with van der Waals surface area (Å²) in [5, 5.41) is 15.6. The van der Waals surface area contributed by atoms with Crippen LogP contribution in [0.25, 0.3) is 16.6 Å². The molecule has 0 aliphatic carbocycles. The maximum Gasteiger partial charge on any atom is 0.257 e. The number of likely N-dealkylation sites (N-methyl/N-ethyl adjacent to an activating group) is 1. The lowest BCUT2D eigenvalue weighted by Crippen LogP contribution is -2.29. The van der Waals surface area contributed by atoms with E-state index in [1.165, 1.54) is 0 Å². The molecule has 4 heterocycles. The highest BCUT2D eigenvalue weighted by Crippen LogP contribution is 2.30. The molecule has 1 saturated heterocycles. The summed E-state index contributed by atoms with van der Waals surface area (Å²) in [5.74, 6) is -0.210. The molecule has 1 aliphatic heterocycles. The molecule has 8 nitrogen and oxygen atoms in total. The van der Waals surface area contributed by atoms with Gasteiger partial charge in [-0.25, -0.2) is 4.98 Å². The van der Waals surface area contributed by atoms with Crippen molar-refractivity contribution in [3.8, 4) is 0 Å². The number of anilines is 2. The van der Waals surface area contributed by atoms with Gasteiger partial charge in [0.15, 0.2) is 0 Å². The van der Waals surface area contributed by atoms with Crippen molar-refractivity contribution in [2.24, 2.45) is 0 Å². The lowest BCUT2D eigenvalue weighted by atomic mass is 10.1. The number of aryl methyl sites for hydroxylation is 1. The minimum atomic E-state index is -0.210. The number of pyridine rings is 1. The van der Waals surface area contributed by atoms with Crippen molar-refractivity contribution in [3.05, 3.63) is 60.2 Å². The van der Waals surface area contributed by atoms with Crippen LogP contribution in [0.1, 0.15) is 22.5 Å². The quantitative estimate of drug-likeness (QED) is 0.547. The van der Waals surface area contributed by atoms with Crippen LogP contribution in [0, 0.1) is 6.92 Å². The lowest BCUT2D eigenvalue weighted by molar-refractivity contribution is 0.102. The van der Waals surface area contributed by atoms with Crippen LogP contribution in [0.4, 0.5) is 11.4 Å². The summed E-state index contributed by atoms with van der Waals surface area (Å²) in [6, 6.07) is 9.99. The largest absolute Gasteiger partial charge is 0.369 e. The predicted octanol–water partition coefficient (Wildman–Crippen LogP) is 2.64. The molecule has 0 saturated carbocycles. The second-order valence-electron chi connectivity index (χ2n) is 7.67. The van der Waals surface area contributed by atoms with Gasteiger partial charge in [-0.3, -0.25) is 4.79 Å². The van der Waals surface area contributed by atoms with Gasteiger partial charge in [-0.2, -0.15) is 5.10 Å². The third kappa shape index (κ3) is 3.25. The van der Waals surface area contributed by atoms with Crippen molar-refractivity contribution < 1.29 is 4.79 Å². The van der Waals surface area contributed by atoms with E-state index >= 15 is 0 Å². The fraction of sp³-hybridized carbons (Fsp3) is 0.273. The molecule has 1 aliphatic rings. The van der Waals surface area contributed by atoms with Crippen molar-refractivity contribution in [2.75, 3.05) is 30.4 Å². The van der Waals surface area contributed by atoms with Crippen LogP contribution in [-0.4, -0.2) is 51.7 Å². The van der Waals surface area contributed by atoms with Gasteiger partial charge in [-0.1, -0.05) is 0 Å². The third-order valence-electron chi connectivity index (χ3n) is 5.67. The summed E-state index contributed by atoms with van der Waals surface area (Å²) in [6.45, 7) is 3.85. The lowest BCUT2D eigenvalue weighted by Gasteiger charge is -2.21. The molecule has 0 spiro atoms. The average molecular weight is 401 g/mol. The van der Waals surface area contributed by atoms with Gasteiger partial charge in [0.2, 0.25) is 0 Å². The Bertz CT molecular complexity index is 1250. The average Bonchev–Trinajstić information content (AvgIpc) is 3.38. The Morgan fingerprint density at radius 2 is 2.07 bits per heavy atom.